The molecule has 0 radical (unpaired) electrons. The summed E-state index contributed by atoms with van der Waals surface area (Å²) in [5.74, 6) is 0.0238. The van der Waals surface area contributed by atoms with Gasteiger partial charge in [0.05, 0.1) is 11.2 Å². The number of rotatable bonds is 3. The first-order valence-corrected chi connectivity index (χ1v) is 7.52. The Hall–Kier alpha value is -0.975. The lowest BCUT2D eigenvalue weighted by atomic mass is 9.78. The molecule has 1 saturated heterocycles. The van der Waals surface area contributed by atoms with Gasteiger partial charge in [-0.1, -0.05) is 12.1 Å². The molecule has 1 heterocycles. The molecule has 1 aromatic carbocycles. The van der Waals surface area contributed by atoms with Crippen LogP contribution in [-0.4, -0.2) is 24.1 Å². The third-order valence-electron chi connectivity index (χ3n) is 4.15. The van der Waals surface area contributed by atoms with Crippen molar-refractivity contribution in [2.75, 3.05) is 11.5 Å². The van der Waals surface area contributed by atoms with Crippen LogP contribution < -0.4 is 5.73 Å². The van der Waals surface area contributed by atoms with Gasteiger partial charge in [-0.05, 0) is 45.3 Å². The standard InChI is InChI=1S/C15H21BFNO2S/c1-14(2)15(3,4)20-16(19-14)10(9-21)8-11-12(17)6-5-7-13(11)18/h5-8,21H,9,18H2,1-4H3. The Bertz CT molecular complexity index is 539. The highest BCUT2D eigenvalue weighted by Gasteiger charge is 2.52. The minimum atomic E-state index is -0.550. The van der Waals surface area contributed by atoms with E-state index >= 15 is 0 Å². The van der Waals surface area contributed by atoms with Crippen LogP contribution in [0.25, 0.3) is 6.08 Å². The second kappa shape index (κ2) is 5.67. The van der Waals surface area contributed by atoms with Crippen LogP contribution in [0, 0.1) is 5.82 Å². The number of halogens is 1. The van der Waals surface area contributed by atoms with Crippen molar-refractivity contribution < 1.29 is 13.7 Å². The maximum Gasteiger partial charge on any atom is 0.491 e. The van der Waals surface area contributed by atoms with E-state index in [0.717, 1.165) is 5.47 Å². The summed E-state index contributed by atoms with van der Waals surface area (Å²) in [6.45, 7) is 7.89. The van der Waals surface area contributed by atoms with Crippen LogP contribution in [-0.2, 0) is 9.31 Å². The molecule has 1 aliphatic heterocycles. The van der Waals surface area contributed by atoms with E-state index in [4.69, 9.17) is 15.0 Å². The molecule has 2 N–H and O–H groups in total. The molecule has 1 fully saturated rings. The molecule has 114 valence electrons. The lowest BCUT2D eigenvalue weighted by Gasteiger charge is -2.32. The van der Waals surface area contributed by atoms with Gasteiger partial charge in [0, 0.05) is 17.0 Å². The lowest BCUT2D eigenvalue weighted by molar-refractivity contribution is 0.00578. The van der Waals surface area contributed by atoms with Crippen LogP contribution in [0.2, 0.25) is 0 Å². The number of anilines is 1. The van der Waals surface area contributed by atoms with Crippen molar-refractivity contribution in [1.29, 1.82) is 0 Å². The molecule has 3 nitrogen and oxygen atoms in total. The highest BCUT2D eigenvalue weighted by Crippen LogP contribution is 2.39. The van der Waals surface area contributed by atoms with Crippen LogP contribution >= 0.6 is 12.6 Å². The SMILES string of the molecule is CC1(C)OB(C(=Cc2c(N)cccc2F)CS)OC1(C)C. The van der Waals surface area contributed by atoms with E-state index in [2.05, 4.69) is 12.6 Å². The van der Waals surface area contributed by atoms with E-state index < -0.39 is 18.3 Å². The molecule has 0 spiro atoms. The predicted octanol–water partition coefficient (Wildman–Crippen LogP) is 3.35. The normalized spacial score (nSPS) is 20.9. The van der Waals surface area contributed by atoms with Gasteiger partial charge in [-0.15, -0.1) is 0 Å². The molecule has 6 heteroatoms. The summed E-state index contributed by atoms with van der Waals surface area (Å²) < 4.78 is 25.8. The zero-order valence-corrected chi connectivity index (χ0v) is 13.7. The van der Waals surface area contributed by atoms with E-state index in [-0.39, 0.29) is 5.82 Å². The van der Waals surface area contributed by atoms with Crippen molar-refractivity contribution in [3.63, 3.8) is 0 Å². The van der Waals surface area contributed by atoms with Crippen molar-refractivity contribution in [2.45, 2.75) is 38.9 Å². The molecule has 0 aromatic heterocycles. The summed E-state index contributed by atoms with van der Waals surface area (Å²) in [4.78, 5) is 0. The molecule has 0 atom stereocenters. The molecule has 2 rings (SSSR count). The summed E-state index contributed by atoms with van der Waals surface area (Å²) in [6.07, 6.45) is 1.67. The first-order chi connectivity index (χ1) is 9.68. The third kappa shape index (κ3) is 3.12. The van der Waals surface area contributed by atoms with Gasteiger partial charge in [-0.25, -0.2) is 4.39 Å². The Morgan fingerprint density at radius 2 is 1.86 bits per heavy atom. The Labute approximate surface area is 131 Å². The van der Waals surface area contributed by atoms with Crippen molar-refractivity contribution in [2.24, 2.45) is 0 Å². The fraction of sp³-hybridized carbons (Fsp3) is 0.467. The summed E-state index contributed by atoms with van der Waals surface area (Å²) >= 11 is 4.31. The quantitative estimate of drug-likeness (QED) is 0.511. The minimum absolute atomic E-state index is 0.344. The van der Waals surface area contributed by atoms with Crippen molar-refractivity contribution in [3.05, 3.63) is 35.1 Å². The van der Waals surface area contributed by atoms with Gasteiger partial charge >= 0.3 is 7.12 Å². The predicted molar refractivity (Wildman–Crippen MR) is 88.7 cm³/mol. The van der Waals surface area contributed by atoms with E-state index in [0.29, 0.717) is 17.0 Å². The van der Waals surface area contributed by atoms with Crippen molar-refractivity contribution in [3.8, 4) is 0 Å². The maximum atomic E-state index is 13.9. The van der Waals surface area contributed by atoms with E-state index in [1.54, 1.807) is 18.2 Å². The molecule has 0 aliphatic carbocycles. The molecular formula is C15H21BFNO2S. The van der Waals surface area contributed by atoms with Gasteiger partial charge in [-0.2, -0.15) is 12.6 Å². The lowest BCUT2D eigenvalue weighted by Crippen LogP contribution is -2.41. The van der Waals surface area contributed by atoms with Crippen LogP contribution in [0.15, 0.2) is 23.7 Å². The largest absolute Gasteiger partial charge is 0.491 e. The zero-order chi connectivity index (χ0) is 15.8. The minimum Gasteiger partial charge on any atom is -0.400 e. The highest BCUT2D eigenvalue weighted by molar-refractivity contribution is 7.80. The van der Waals surface area contributed by atoms with Crippen LogP contribution in [0.3, 0.4) is 0 Å². The fourth-order valence-electron chi connectivity index (χ4n) is 2.07. The Morgan fingerprint density at radius 1 is 1.29 bits per heavy atom. The van der Waals surface area contributed by atoms with Gasteiger partial charge in [0.1, 0.15) is 5.82 Å². The van der Waals surface area contributed by atoms with Gasteiger partial charge in [0.2, 0.25) is 0 Å². The van der Waals surface area contributed by atoms with E-state index in [9.17, 15) is 4.39 Å². The van der Waals surface area contributed by atoms with Gasteiger partial charge in [0.25, 0.3) is 0 Å². The average molecular weight is 309 g/mol. The first-order valence-electron chi connectivity index (χ1n) is 6.89. The summed E-state index contributed by atoms with van der Waals surface area (Å²) in [5, 5.41) is 0. The van der Waals surface area contributed by atoms with Crippen LogP contribution in [0.1, 0.15) is 33.3 Å². The van der Waals surface area contributed by atoms with Gasteiger partial charge in [-0.3, -0.25) is 0 Å². The molecular weight excluding hydrogens is 288 g/mol. The molecule has 1 aromatic rings. The van der Waals surface area contributed by atoms with Crippen molar-refractivity contribution in [1.82, 2.24) is 0 Å². The second-order valence-electron chi connectivity index (χ2n) is 6.21. The third-order valence-corrected chi connectivity index (χ3v) is 4.52. The smallest absolute Gasteiger partial charge is 0.400 e. The topological polar surface area (TPSA) is 44.5 Å². The van der Waals surface area contributed by atoms with Gasteiger partial charge < -0.3 is 15.0 Å². The number of thiol groups is 1. The molecule has 0 unspecified atom stereocenters. The summed E-state index contributed by atoms with van der Waals surface area (Å²) in [6, 6.07) is 4.62. The molecule has 0 amide bonds. The average Bonchev–Trinajstić information content (AvgIpc) is 2.58. The summed E-state index contributed by atoms with van der Waals surface area (Å²) in [7, 11) is -0.550. The van der Waals surface area contributed by atoms with Crippen LogP contribution in [0.4, 0.5) is 10.1 Å². The monoisotopic (exact) mass is 309 g/mol. The second-order valence-corrected chi connectivity index (χ2v) is 6.52. The number of hydrogen-bond donors (Lipinski definition) is 2. The fourth-order valence-corrected chi connectivity index (χ4v) is 2.31. The summed E-state index contributed by atoms with van der Waals surface area (Å²) in [5.41, 5.74) is 6.42. The Kier molecular flexibility index (Phi) is 4.43. The highest BCUT2D eigenvalue weighted by atomic mass is 32.1. The van der Waals surface area contributed by atoms with E-state index in [1.165, 1.54) is 6.07 Å². The zero-order valence-electron chi connectivity index (χ0n) is 12.8. The molecule has 0 saturated carbocycles. The molecule has 21 heavy (non-hydrogen) atoms. The van der Waals surface area contributed by atoms with Crippen LogP contribution in [0.5, 0.6) is 0 Å². The number of nitrogen functional groups attached to an aromatic ring is 1. The molecule has 0 bridgehead atoms. The van der Waals surface area contributed by atoms with Gasteiger partial charge in [0.15, 0.2) is 0 Å². The Balaban J connectivity index is 2.36. The van der Waals surface area contributed by atoms with E-state index in [1.807, 2.05) is 27.7 Å². The molecule has 1 aliphatic rings. The van der Waals surface area contributed by atoms with Crippen molar-refractivity contribution >= 4 is 31.5 Å². The number of nitrogens with two attached hydrogens (primary N) is 1. The number of benzene rings is 1. The Morgan fingerprint density at radius 3 is 2.33 bits per heavy atom. The first kappa shape index (κ1) is 16.4. The number of hydrogen-bond acceptors (Lipinski definition) is 4. The maximum absolute atomic E-state index is 13.9.